The lowest BCUT2D eigenvalue weighted by atomic mass is 9.71. The van der Waals surface area contributed by atoms with Crippen molar-refractivity contribution in [3.05, 3.63) is 11.6 Å². The van der Waals surface area contributed by atoms with Gasteiger partial charge in [0.15, 0.2) is 0 Å². The van der Waals surface area contributed by atoms with Crippen molar-refractivity contribution in [1.82, 2.24) is 5.32 Å². The first-order chi connectivity index (χ1) is 9.28. The number of hydrogen-bond donors (Lipinski definition) is 2. The zero-order valence-electron chi connectivity index (χ0n) is 13.8. The van der Waals surface area contributed by atoms with Gasteiger partial charge in [-0.25, -0.2) is 0 Å². The standard InChI is InChI=1S/C18H33NO/c1-14-9-15(2)11-16(10-14)12-19-13-18(20)7-5-17(3,4)6-8-18/h9,14,16,19-20H,5-8,10-13H2,1-4H3. The molecule has 0 aromatic heterocycles. The van der Waals surface area contributed by atoms with Crippen molar-refractivity contribution in [2.75, 3.05) is 13.1 Å². The maximum absolute atomic E-state index is 10.7. The van der Waals surface area contributed by atoms with E-state index in [0.717, 1.165) is 44.7 Å². The Morgan fingerprint density at radius 3 is 2.50 bits per heavy atom. The fraction of sp³-hybridized carbons (Fsp3) is 0.889. The van der Waals surface area contributed by atoms with E-state index in [1.807, 2.05) is 0 Å². The summed E-state index contributed by atoms with van der Waals surface area (Å²) in [5, 5.41) is 14.2. The lowest BCUT2D eigenvalue weighted by Crippen LogP contribution is -2.46. The third-order valence-corrected chi connectivity index (χ3v) is 5.31. The molecule has 2 nitrogen and oxygen atoms in total. The van der Waals surface area contributed by atoms with Crippen LogP contribution in [0.15, 0.2) is 11.6 Å². The molecule has 2 N–H and O–H groups in total. The van der Waals surface area contributed by atoms with Gasteiger partial charge in [-0.3, -0.25) is 0 Å². The summed E-state index contributed by atoms with van der Waals surface area (Å²) in [4.78, 5) is 0. The van der Waals surface area contributed by atoms with E-state index in [2.05, 4.69) is 39.1 Å². The van der Waals surface area contributed by atoms with Gasteiger partial charge in [0.2, 0.25) is 0 Å². The van der Waals surface area contributed by atoms with Crippen molar-refractivity contribution in [3.63, 3.8) is 0 Å². The first-order valence-electron chi connectivity index (χ1n) is 8.38. The molecule has 2 aliphatic carbocycles. The van der Waals surface area contributed by atoms with Crippen LogP contribution in [0.4, 0.5) is 0 Å². The molecule has 0 spiro atoms. The minimum atomic E-state index is -0.458. The summed E-state index contributed by atoms with van der Waals surface area (Å²) >= 11 is 0. The minimum absolute atomic E-state index is 0.424. The molecule has 0 heterocycles. The van der Waals surface area contributed by atoms with E-state index < -0.39 is 5.60 Å². The van der Waals surface area contributed by atoms with Gasteiger partial charge in [-0.05, 0) is 69.2 Å². The number of nitrogens with one attached hydrogen (secondary N) is 1. The molecule has 0 aromatic carbocycles. The Morgan fingerprint density at radius 2 is 1.90 bits per heavy atom. The summed E-state index contributed by atoms with van der Waals surface area (Å²) in [5.74, 6) is 1.47. The molecule has 1 saturated carbocycles. The Morgan fingerprint density at radius 1 is 1.25 bits per heavy atom. The zero-order valence-corrected chi connectivity index (χ0v) is 13.8. The second kappa shape index (κ2) is 6.19. The molecule has 2 unspecified atom stereocenters. The molecular formula is C18H33NO. The fourth-order valence-corrected chi connectivity index (χ4v) is 3.92. The predicted octanol–water partition coefficient (Wildman–Crippen LogP) is 3.90. The SMILES string of the molecule is CC1=CC(C)CC(CNCC2(O)CCC(C)(C)CC2)C1. The van der Waals surface area contributed by atoms with Gasteiger partial charge in [0, 0.05) is 6.54 Å². The Kier molecular flexibility index (Phi) is 4.96. The quantitative estimate of drug-likeness (QED) is 0.765. The van der Waals surface area contributed by atoms with Crippen LogP contribution in [0.25, 0.3) is 0 Å². The van der Waals surface area contributed by atoms with Gasteiger partial charge >= 0.3 is 0 Å². The largest absolute Gasteiger partial charge is 0.389 e. The maximum Gasteiger partial charge on any atom is 0.0772 e. The molecule has 0 aromatic rings. The summed E-state index contributed by atoms with van der Waals surface area (Å²) < 4.78 is 0. The smallest absolute Gasteiger partial charge is 0.0772 e. The van der Waals surface area contributed by atoms with Crippen LogP contribution in [0.3, 0.4) is 0 Å². The van der Waals surface area contributed by atoms with Gasteiger partial charge < -0.3 is 10.4 Å². The molecule has 0 amide bonds. The Labute approximate surface area is 125 Å². The van der Waals surface area contributed by atoms with Crippen LogP contribution in [-0.4, -0.2) is 23.8 Å². The highest BCUT2D eigenvalue weighted by Crippen LogP contribution is 2.39. The molecule has 0 radical (unpaired) electrons. The van der Waals surface area contributed by atoms with Gasteiger partial charge in [0.25, 0.3) is 0 Å². The van der Waals surface area contributed by atoms with Crippen LogP contribution in [0.2, 0.25) is 0 Å². The van der Waals surface area contributed by atoms with E-state index in [1.54, 1.807) is 0 Å². The van der Waals surface area contributed by atoms with Crippen LogP contribution in [0.5, 0.6) is 0 Å². The van der Waals surface area contributed by atoms with Crippen molar-refractivity contribution < 1.29 is 5.11 Å². The Hall–Kier alpha value is -0.340. The predicted molar refractivity (Wildman–Crippen MR) is 85.7 cm³/mol. The third kappa shape index (κ3) is 4.60. The van der Waals surface area contributed by atoms with Crippen LogP contribution in [0.1, 0.15) is 66.2 Å². The fourth-order valence-electron chi connectivity index (χ4n) is 3.92. The van der Waals surface area contributed by atoms with Crippen molar-refractivity contribution in [1.29, 1.82) is 0 Å². The van der Waals surface area contributed by atoms with Gasteiger partial charge in [-0.15, -0.1) is 0 Å². The first kappa shape index (κ1) is 16.0. The van der Waals surface area contributed by atoms with E-state index in [4.69, 9.17) is 0 Å². The average molecular weight is 279 g/mol. The summed E-state index contributed by atoms with van der Waals surface area (Å²) in [6.07, 6.45) is 9.12. The van der Waals surface area contributed by atoms with E-state index in [9.17, 15) is 5.11 Å². The normalized spacial score (nSPS) is 32.8. The average Bonchev–Trinajstić information content (AvgIpc) is 2.33. The van der Waals surface area contributed by atoms with Crippen LogP contribution in [0, 0.1) is 17.3 Å². The molecule has 1 fully saturated rings. The van der Waals surface area contributed by atoms with Crippen molar-refractivity contribution >= 4 is 0 Å². The van der Waals surface area contributed by atoms with Crippen LogP contribution >= 0.6 is 0 Å². The maximum atomic E-state index is 10.7. The third-order valence-electron chi connectivity index (χ3n) is 5.31. The molecule has 0 bridgehead atoms. The summed E-state index contributed by atoms with van der Waals surface area (Å²) in [6, 6.07) is 0. The van der Waals surface area contributed by atoms with Gasteiger partial charge in [0.1, 0.15) is 0 Å². The molecule has 20 heavy (non-hydrogen) atoms. The Bertz CT molecular complexity index is 348. The summed E-state index contributed by atoms with van der Waals surface area (Å²) in [6.45, 7) is 11.0. The lowest BCUT2D eigenvalue weighted by Gasteiger charge is -2.40. The van der Waals surface area contributed by atoms with Crippen LogP contribution < -0.4 is 5.32 Å². The molecular weight excluding hydrogens is 246 g/mol. The molecule has 2 heteroatoms. The number of aliphatic hydroxyl groups is 1. The highest BCUT2D eigenvalue weighted by molar-refractivity contribution is 5.06. The lowest BCUT2D eigenvalue weighted by molar-refractivity contribution is -0.0248. The van der Waals surface area contributed by atoms with E-state index in [-0.39, 0.29) is 0 Å². The second-order valence-corrected chi connectivity index (χ2v) is 8.32. The Balaban J connectivity index is 1.72. The molecule has 0 saturated heterocycles. The van der Waals surface area contributed by atoms with E-state index in [1.165, 1.54) is 18.4 Å². The van der Waals surface area contributed by atoms with E-state index in [0.29, 0.717) is 11.3 Å². The number of hydrogen-bond acceptors (Lipinski definition) is 2. The molecule has 2 aliphatic rings. The first-order valence-corrected chi connectivity index (χ1v) is 8.38. The van der Waals surface area contributed by atoms with Gasteiger partial charge in [-0.1, -0.05) is 32.4 Å². The minimum Gasteiger partial charge on any atom is -0.389 e. The van der Waals surface area contributed by atoms with Gasteiger partial charge in [-0.2, -0.15) is 0 Å². The number of allylic oxidation sites excluding steroid dienone is 2. The van der Waals surface area contributed by atoms with E-state index >= 15 is 0 Å². The molecule has 2 rings (SSSR count). The van der Waals surface area contributed by atoms with Gasteiger partial charge in [0.05, 0.1) is 5.60 Å². The highest BCUT2D eigenvalue weighted by atomic mass is 16.3. The molecule has 2 atom stereocenters. The van der Waals surface area contributed by atoms with Crippen molar-refractivity contribution in [2.24, 2.45) is 17.3 Å². The van der Waals surface area contributed by atoms with Crippen molar-refractivity contribution in [3.8, 4) is 0 Å². The second-order valence-electron chi connectivity index (χ2n) is 8.32. The highest BCUT2D eigenvalue weighted by Gasteiger charge is 2.36. The van der Waals surface area contributed by atoms with Crippen LogP contribution in [-0.2, 0) is 0 Å². The summed E-state index contributed by atoms with van der Waals surface area (Å²) in [5.41, 5.74) is 1.50. The summed E-state index contributed by atoms with van der Waals surface area (Å²) in [7, 11) is 0. The monoisotopic (exact) mass is 279 g/mol. The topological polar surface area (TPSA) is 32.3 Å². The molecule has 116 valence electrons. The molecule has 0 aliphatic heterocycles. The zero-order chi connectivity index (χ0) is 14.8. The van der Waals surface area contributed by atoms with Crippen molar-refractivity contribution in [2.45, 2.75) is 71.8 Å². The number of rotatable bonds is 4.